The van der Waals surface area contributed by atoms with Gasteiger partial charge >= 0.3 is 5.97 Å². The van der Waals surface area contributed by atoms with Crippen molar-refractivity contribution in [2.24, 2.45) is 4.99 Å². The molecule has 4 nitrogen and oxygen atoms in total. The molecule has 1 rings (SSSR count). The van der Waals surface area contributed by atoms with E-state index in [4.69, 9.17) is 32.7 Å². The summed E-state index contributed by atoms with van der Waals surface area (Å²) in [6, 6.07) is 1.27. The number of aromatic carboxylic acids is 1. The van der Waals surface area contributed by atoms with Gasteiger partial charge in [0, 0.05) is 12.5 Å². The molecular weight excluding hydrogens is 265 g/mol. The van der Waals surface area contributed by atoms with Crippen molar-refractivity contribution in [3.63, 3.8) is 0 Å². The van der Waals surface area contributed by atoms with Gasteiger partial charge in [-0.05, 0) is 6.42 Å². The summed E-state index contributed by atoms with van der Waals surface area (Å²) >= 11 is 11.6. The molecule has 0 spiro atoms. The van der Waals surface area contributed by atoms with Crippen molar-refractivity contribution < 1.29 is 14.3 Å². The van der Waals surface area contributed by atoms with Crippen molar-refractivity contribution in [1.29, 1.82) is 0 Å². The summed E-state index contributed by atoms with van der Waals surface area (Å²) in [6.45, 7) is 5.43. The van der Waals surface area contributed by atoms with Gasteiger partial charge in [0.05, 0.1) is 5.03 Å². The fourth-order valence-corrected chi connectivity index (χ4v) is 1.57. The van der Waals surface area contributed by atoms with Gasteiger partial charge in [0.15, 0.2) is 5.76 Å². The van der Waals surface area contributed by atoms with E-state index in [1.807, 2.05) is 6.92 Å². The molecular formula is C11H11Cl2NO3. The van der Waals surface area contributed by atoms with Gasteiger partial charge < -0.3 is 9.52 Å². The number of hydrogen-bond acceptors (Lipinski definition) is 3. The molecule has 0 aliphatic carbocycles. The van der Waals surface area contributed by atoms with Crippen molar-refractivity contribution in [2.45, 2.75) is 19.8 Å². The topological polar surface area (TPSA) is 62.8 Å². The summed E-state index contributed by atoms with van der Waals surface area (Å²) in [7, 11) is 0. The Morgan fingerprint density at radius 2 is 2.24 bits per heavy atom. The molecule has 1 aromatic rings. The highest BCUT2D eigenvalue weighted by atomic mass is 35.5. The maximum absolute atomic E-state index is 10.8. The Morgan fingerprint density at radius 3 is 2.71 bits per heavy atom. The van der Waals surface area contributed by atoms with E-state index in [1.54, 1.807) is 0 Å². The molecule has 0 amide bonds. The van der Waals surface area contributed by atoms with Crippen LogP contribution in [-0.4, -0.2) is 16.2 Å². The van der Waals surface area contributed by atoms with E-state index in [0.717, 1.165) is 6.42 Å². The summed E-state index contributed by atoms with van der Waals surface area (Å²) in [5.74, 6) is -1.32. The Morgan fingerprint density at radius 1 is 1.59 bits per heavy atom. The maximum Gasteiger partial charge on any atom is 0.371 e. The summed E-state index contributed by atoms with van der Waals surface area (Å²) in [4.78, 5) is 14.8. The number of carboxylic acids is 1. The van der Waals surface area contributed by atoms with Gasteiger partial charge in [0.2, 0.25) is 5.76 Å². The van der Waals surface area contributed by atoms with Crippen LogP contribution in [0.1, 0.15) is 36.1 Å². The van der Waals surface area contributed by atoms with E-state index in [2.05, 4.69) is 11.6 Å². The van der Waals surface area contributed by atoms with Gasteiger partial charge in [-0.1, -0.05) is 36.7 Å². The Hall–Kier alpha value is -1.26. The zero-order chi connectivity index (χ0) is 13.0. The molecule has 0 bridgehead atoms. The molecule has 1 aromatic heterocycles. The van der Waals surface area contributed by atoms with Crippen molar-refractivity contribution >= 4 is 45.1 Å². The third kappa shape index (κ3) is 3.61. The minimum absolute atomic E-state index is 0.0808. The molecule has 1 N–H and O–H groups in total. The molecule has 0 aliphatic rings. The fraction of sp³-hybridized carbons (Fsp3) is 0.273. The largest absolute Gasteiger partial charge is 0.475 e. The van der Waals surface area contributed by atoms with Crippen LogP contribution in [0.2, 0.25) is 0 Å². The number of hydrogen-bond donors (Lipinski definition) is 1. The number of rotatable bonds is 5. The van der Waals surface area contributed by atoms with E-state index in [1.165, 1.54) is 6.07 Å². The van der Waals surface area contributed by atoms with Gasteiger partial charge in [0.1, 0.15) is 10.9 Å². The Labute approximate surface area is 109 Å². The first kappa shape index (κ1) is 13.8. The minimum Gasteiger partial charge on any atom is -0.475 e. The molecule has 0 unspecified atom stereocenters. The molecule has 17 heavy (non-hydrogen) atoms. The highest BCUT2D eigenvalue weighted by Gasteiger charge is 2.17. The molecule has 6 heteroatoms. The second-order valence-electron chi connectivity index (χ2n) is 3.27. The third-order valence-electron chi connectivity index (χ3n) is 1.87. The zero-order valence-electron chi connectivity index (χ0n) is 9.17. The average molecular weight is 276 g/mol. The molecule has 0 aliphatic heterocycles. The second kappa shape index (κ2) is 5.89. The van der Waals surface area contributed by atoms with Crippen LogP contribution >= 0.6 is 23.2 Å². The predicted octanol–water partition coefficient (Wildman–Crippen LogP) is 4.26. The molecule has 0 saturated heterocycles. The number of nitrogens with zero attached hydrogens (tertiary/aromatic N) is 1. The van der Waals surface area contributed by atoms with Crippen LogP contribution in [0.4, 0.5) is 5.69 Å². The fourth-order valence-electron chi connectivity index (χ4n) is 1.16. The second-order valence-corrected chi connectivity index (χ2v) is 4.17. The van der Waals surface area contributed by atoms with Crippen LogP contribution in [-0.2, 0) is 0 Å². The number of carboxylic acid groups (broad SMARTS) is 1. The summed E-state index contributed by atoms with van der Waals surface area (Å²) in [6.07, 6.45) is 1.44. The average Bonchev–Trinajstić information content (AvgIpc) is 2.62. The van der Waals surface area contributed by atoms with Crippen molar-refractivity contribution in [2.75, 3.05) is 0 Å². The first-order chi connectivity index (χ1) is 7.95. The van der Waals surface area contributed by atoms with Crippen molar-refractivity contribution in [3.8, 4) is 0 Å². The zero-order valence-corrected chi connectivity index (χ0v) is 10.7. The normalized spacial score (nSPS) is 11.6. The Kier molecular flexibility index (Phi) is 4.78. The quantitative estimate of drug-likeness (QED) is 0.817. The number of halogens is 2. The maximum atomic E-state index is 10.8. The lowest BCUT2D eigenvalue weighted by molar-refractivity contribution is 0.0662. The lowest BCUT2D eigenvalue weighted by Crippen LogP contribution is -1.91. The first-order valence-electron chi connectivity index (χ1n) is 4.90. The lowest BCUT2D eigenvalue weighted by atomic mass is 10.3. The molecule has 1 heterocycles. The van der Waals surface area contributed by atoms with Crippen LogP contribution in [0.25, 0.3) is 5.03 Å². The molecule has 0 saturated carbocycles. The molecule has 0 fully saturated rings. The highest BCUT2D eigenvalue weighted by molar-refractivity contribution is 6.65. The van der Waals surface area contributed by atoms with Crippen LogP contribution < -0.4 is 0 Å². The van der Waals surface area contributed by atoms with Crippen LogP contribution in [0, 0.1) is 0 Å². The van der Waals surface area contributed by atoms with Gasteiger partial charge in [0.25, 0.3) is 0 Å². The molecule has 0 radical (unpaired) electrons. The molecule has 92 valence electrons. The predicted molar refractivity (Wildman–Crippen MR) is 68.4 cm³/mol. The minimum atomic E-state index is -1.20. The van der Waals surface area contributed by atoms with Crippen LogP contribution in [0.5, 0.6) is 0 Å². The Balaban J connectivity index is 3.17. The smallest absolute Gasteiger partial charge is 0.371 e. The van der Waals surface area contributed by atoms with Gasteiger partial charge in [-0.25, -0.2) is 9.79 Å². The van der Waals surface area contributed by atoms with E-state index < -0.39 is 5.97 Å². The number of furan rings is 1. The van der Waals surface area contributed by atoms with E-state index in [0.29, 0.717) is 11.6 Å². The summed E-state index contributed by atoms with van der Waals surface area (Å²) < 4.78 is 5.02. The van der Waals surface area contributed by atoms with Gasteiger partial charge in [-0.2, -0.15) is 0 Å². The number of carbonyl (C=O) groups is 1. The van der Waals surface area contributed by atoms with Gasteiger partial charge in [-0.15, -0.1) is 0 Å². The van der Waals surface area contributed by atoms with Crippen LogP contribution in [0.3, 0.4) is 0 Å². The summed E-state index contributed by atoms with van der Waals surface area (Å²) in [5.41, 5.74) is 0.279. The number of aliphatic imine (C=N–C) groups is 1. The Bertz CT molecular complexity index is 477. The standard InChI is InChI=1S/C11H11Cl2NO3/c1-3-4-9(13)14-7-5-8(11(15)16)17-10(7)6(2)12/h5H,2-4H2,1H3,(H,15,16). The third-order valence-corrected chi connectivity index (χ3v) is 2.31. The lowest BCUT2D eigenvalue weighted by Gasteiger charge is -1.96. The van der Waals surface area contributed by atoms with Gasteiger partial charge in [-0.3, -0.25) is 0 Å². The van der Waals surface area contributed by atoms with E-state index >= 15 is 0 Å². The van der Waals surface area contributed by atoms with Crippen molar-refractivity contribution in [3.05, 3.63) is 24.2 Å². The highest BCUT2D eigenvalue weighted by Crippen LogP contribution is 2.32. The van der Waals surface area contributed by atoms with Crippen molar-refractivity contribution in [1.82, 2.24) is 0 Å². The SMILES string of the molecule is C=C(Cl)c1oc(C(=O)O)cc1N=C(Cl)CCC. The van der Waals surface area contributed by atoms with Crippen LogP contribution in [0.15, 0.2) is 22.1 Å². The molecule has 0 atom stereocenters. The molecule has 0 aromatic carbocycles. The monoisotopic (exact) mass is 275 g/mol. The first-order valence-corrected chi connectivity index (χ1v) is 5.66. The summed E-state index contributed by atoms with van der Waals surface area (Å²) in [5, 5.41) is 9.24. The van der Waals surface area contributed by atoms with E-state index in [-0.39, 0.29) is 22.2 Å². The van der Waals surface area contributed by atoms with E-state index in [9.17, 15) is 4.79 Å².